The van der Waals surface area contributed by atoms with Crippen molar-refractivity contribution in [1.29, 1.82) is 0 Å². The molecule has 1 rings (SSSR count). The third-order valence-corrected chi connectivity index (χ3v) is 2.63. The molecule has 1 heterocycles. The maximum atomic E-state index is 5.04. The Bertz CT molecular complexity index is 300. The molecule has 0 saturated carbocycles. The number of nitrogens with one attached hydrogen (secondary N) is 1. The van der Waals surface area contributed by atoms with Gasteiger partial charge in [0.2, 0.25) is 5.95 Å². The first-order valence-electron chi connectivity index (χ1n) is 6.20. The van der Waals surface area contributed by atoms with Crippen LogP contribution in [0.5, 0.6) is 0 Å². The molecule has 0 spiro atoms. The van der Waals surface area contributed by atoms with Gasteiger partial charge in [0.15, 0.2) is 0 Å². The van der Waals surface area contributed by atoms with Crippen LogP contribution >= 0.6 is 0 Å². The summed E-state index contributed by atoms with van der Waals surface area (Å²) in [5.74, 6) is 0.965. The average molecular weight is 240 g/mol. The van der Waals surface area contributed by atoms with Gasteiger partial charge in [0, 0.05) is 45.7 Å². The Balaban J connectivity index is 2.23. The Morgan fingerprint density at radius 3 is 3.00 bits per heavy atom. The van der Waals surface area contributed by atoms with Crippen LogP contribution in [-0.2, 0) is 11.3 Å². The quantitative estimate of drug-likeness (QED) is 0.706. The van der Waals surface area contributed by atoms with Crippen molar-refractivity contribution in [2.75, 3.05) is 45.7 Å². The highest BCUT2D eigenvalue weighted by molar-refractivity contribution is 5.25. The van der Waals surface area contributed by atoms with Crippen LogP contribution in [-0.4, -0.2) is 54.8 Å². The van der Waals surface area contributed by atoms with E-state index in [-0.39, 0.29) is 0 Å². The lowest BCUT2D eigenvalue weighted by molar-refractivity contribution is 0.163. The zero-order valence-electron chi connectivity index (χ0n) is 11.1. The molecular weight excluding hydrogens is 216 g/mol. The topological polar surface area (TPSA) is 42.3 Å². The van der Waals surface area contributed by atoms with Crippen LogP contribution in [0, 0.1) is 0 Å². The van der Waals surface area contributed by atoms with Crippen LogP contribution in [0.4, 0.5) is 5.95 Å². The molecule has 1 N–H and O–H groups in total. The second kappa shape index (κ2) is 8.08. The van der Waals surface area contributed by atoms with Gasteiger partial charge in [-0.2, -0.15) is 0 Å². The number of methoxy groups -OCH3 is 1. The van der Waals surface area contributed by atoms with Gasteiger partial charge in [0.05, 0.1) is 6.61 Å². The minimum atomic E-state index is 0.779. The standard InChI is InChI=1S/C12H24N4O/c1-4-7-16-9-6-14-12(16)13-5-8-15(2)10-11-17-3/h6,9H,4-5,7-8,10-11H2,1-3H3,(H,13,14). The highest BCUT2D eigenvalue weighted by Gasteiger charge is 2.02. The summed E-state index contributed by atoms with van der Waals surface area (Å²) in [6.07, 6.45) is 4.98. The number of aromatic nitrogens is 2. The lowest BCUT2D eigenvalue weighted by Gasteiger charge is -2.16. The fourth-order valence-corrected chi connectivity index (χ4v) is 1.62. The van der Waals surface area contributed by atoms with Crippen LogP contribution in [0.15, 0.2) is 12.4 Å². The molecule has 98 valence electrons. The van der Waals surface area contributed by atoms with E-state index < -0.39 is 0 Å². The maximum absolute atomic E-state index is 5.04. The largest absolute Gasteiger partial charge is 0.383 e. The molecular formula is C12H24N4O. The molecule has 0 aliphatic heterocycles. The lowest BCUT2D eigenvalue weighted by atomic mass is 10.5. The SMILES string of the molecule is CCCn1ccnc1NCCN(C)CCOC. The van der Waals surface area contributed by atoms with Gasteiger partial charge in [-0.1, -0.05) is 6.92 Å². The number of rotatable bonds is 9. The van der Waals surface area contributed by atoms with Gasteiger partial charge in [-0.15, -0.1) is 0 Å². The van der Waals surface area contributed by atoms with Crippen molar-refractivity contribution in [3.63, 3.8) is 0 Å². The number of aryl methyl sites for hydroxylation is 1. The summed E-state index contributed by atoms with van der Waals surface area (Å²) in [4.78, 5) is 6.54. The number of hydrogen-bond acceptors (Lipinski definition) is 4. The molecule has 0 bridgehead atoms. The highest BCUT2D eigenvalue weighted by atomic mass is 16.5. The molecule has 0 aliphatic rings. The molecule has 1 aromatic rings. The molecule has 1 aromatic heterocycles. The van der Waals surface area contributed by atoms with Crippen LogP contribution in [0.2, 0.25) is 0 Å². The van der Waals surface area contributed by atoms with E-state index in [2.05, 4.69) is 33.7 Å². The molecule has 0 aliphatic carbocycles. The second-order valence-electron chi connectivity index (χ2n) is 4.17. The molecule has 0 amide bonds. The normalized spacial score (nSPS) is 11.1. The number of anilines is 1. The fraction of sp³-hybridized carbons (Fsp3) is 0.750. The molecule has 0 radical (unpaired) electrons. The molecule has 5 heteroatoms. The summed E-state index contributed by atoms with van der Waals surface area (Å²) in [7, 11) is 3.83. The maximum Gasteiger partial charge on any atom is 0.202 e. The Morgan fingerprint density at radius 2 is 2.29 bits per heavy atom. The van der Waals surface area contributed by atoms with Crippen molar-refractivity contribution in [2.24, 2.45) is 0 Å². The third-order valence-electron chi connectivity index (χ3n) is 2.63. The van der Waals surface area contributed by atoms with Crippen LogP contribution in [0.1, 0.15) is 13.3 Å². The number of hydrogen-bond donors (Lipinski definition) is 1. The lowest BCUT2D eigenvalue weighted by Crippen LogP contribution is -2.28. The second-order valence-corrected chi connectivity index (χ2v) is 4.17. The van der Waals surface area contributed by atoms with Gasteiger partial charge in [-0.3, -0.25) is 0 Å². The number of likely N-dealkylation sites (N-methyl/N-ethyl adjacent to an activating group) is 1. The molecule has 5 nitrogen and oxygen atoms in total. The van der Waals surface area contributed by atoms with Crippen molar-refractivity contribution < 1.29 is 4.74 Å². The van der Waals surface area contributed by atoms with E-state index in [9.17, 15) is 0 Å². The van der Waals surface area contributed by atoms with Gasteiger partial charge in [-0.25, -0.2) is 4.98 Å². The predicted molar refractivity (Wildman–Crippen MR) is 70.4 cm³/mol. The summed E-state index contributed by atoms with van der Waals surface area (Å²) in [5.41, 5.74) is 0. The first-order valence-corrected chi connectivity index (χ1v) is 6.20. The Hall–Kier alpha value is -1.07. The Morgan fingerprint density at radius 1 is 1.47 bits per heavy atom. The number of imidazole rings is 1. The Kier molecular flexibility index (Phi) is 6.65. The highest BCUT2D eigenvalue weighted by Crippen LogP contribution is 2.04. The molecule has 0 fully saturated rings. The van der Waals surface area contributed by atoms with E-state index in [1.54, 1.807) is 7.11 Å². The zero-order valence-corrected chi connectivity index (χ0v) is 11.1. The Labute approximate surface area is 104 Å². The molecule has 0 aromatic carbocycles. The third kappa shape index (κ3) is 5.19. The number of nitrogens with zero attached hydrogens (tertiary/aromatic N) is 3. The monoisotopic (exact) mass is 240 g/mol. The average Bonchev–Trinajstić information content (AvgIpc) is 2.75. The first kappa shape index (κ1) is 14.0. The van der Waals surface area contributed by atoms with Crippen LogP contribution in [0.25, 0.3) is 0 Å². The zero-order chi connectivity index (χ0) is 12.5. The van der Waals surface area contributed by atoms with E-state index in [1.807, 2.05) is 12.4 Å². The predicted octanol–water partition coefficient (Wildman–Crippen LogP) is 1.28. The van der Waals surface area contributed by atoms with Crippen molar-refractivity contribution in [3.8, 4) is 0 Å². The van der Waals surface area contributed by atoms with Crippen LogP contribution in [0.3, 0.4) is 0 Å². The van der Waals surface area contributed by atoms with Crippen molar-refractivity contribution >= 4 is 5.95 Å². The minimum Gasteiger partial charge on any atom is -0.383 e. The van der Waals surface area contributed by atoms with E-state index in [4.69, 9.17) is 4.74 Å². The van der Waals surface area contributed by atoms with Crippen molar-refractivity contribution in [1.82, 2.24) is 14.5 Å². The van der Waals surface area contributed by atoms with E-state index in [1.165, 1.54) is 0 Å². The van der Waals surface area contributed by atoms with Crippen molar-refractivity contribution in [2.45, 2.75) is 19.9 Å². The molecule has 0 atom stereocenters. The first-order chi connectivity index (χ1) is 8.27. The molecule has 0 unspecified atom stereocenters. The van der Waals surface area contributed by atoms with E-state index >= 15 is 0 Å². The molecule has 17 heavy (non-hydrogen) atoms. The smallest absolute Gasteiger partial charge is 0.202 e. The van der Waals surface area contributed by atoms with Crippen molar-refractivity contribution in [3.05, 3.63) is 12.4 Å². The summed E-state index contributed by atoms with van der Waals surface area (Å²) in [6.45, 7) is 6.82. The van der Waals surface area contributed by atoms with Gasteiger partial charge in [0.25, 0.3) is 0 Å². The van der Waals surface area contributed by atoms with Gasteiger partial charge >= 0.3 is 0 Å². The van der Waals surface area contributed by atoms with Crippen LogP contribution < -0.4 is 5.32 Å². The van der Waals surface area contributed by atoms with Gasteiger partial charge < -0.3 is 19.5 Å². The fourth-order valence-electron chi connectivity index (χ4n) is 1.62. The molecule has 0 saturated heterocycles. The summed E-state index contributed by atoms with van der Waals surface area (Å²) in [6, 6.07) is 0. The minimum absolute atomic E-state index is 0.779. The summed E-state index contributed by atoms with van der Waals surface area (Å²) < 4.78 is 7.19. The number of ether oxygens (including phenoxy) is 1. The van der Waals surface area contributed by atoms with Gasteiger partial charge in [0.1, 0.15) is 0 Å². The van der Waals surface area contributed by atoms with Gasteiger partial charge in [-0.05, 0) is 13.5 Å². The summed E-state index contributed by atoms with van der Waals surface area (Å²) >= 11 is 0. The van der Waals surface area contributed by atoms with E-state index in [0.717, 1.165) is 45.2 Å². The summed E-state index contributed by atoms with van der Waals surface area (Å²) in [5, 5.41) is 3.35. The van der Waals surface area contributed by atoms with E-state index in [0.29, 0.717) is 0 Å².